The second-order valence-electron chi connectivity index (χ2n) is 6.85. The van der Waals surface area contributed by atoms with Crippen LogP contribution in [0.5, 0.6) is 5.75 Å². The number of rotatable bonds is 7. The molecule has 0 unspecified atom stereocenters. The summed E-state index contributed by atoms with van der Waals surface area (Å²) < 4.78 is 13.6. The van der Waals surface area contributed by atoms with E-state index in [2.05, 4.69) is 8.75 Å². The van der Waals surface area contributed by atoms with Gasteiger partial charge in [-0.25, -0.2) is 4.79 Å². The van der Waals surface area contributed by atoms with Crippen LogP contribution in [0.3, 0.4) is 0 Å². The van der Waals surface area contributed by atoms with Crippen LogP contribution in [0.4, 0.5) is 0 Å². The van der Waals surface area contributed by atoms with Gasteiger partial charge in [-0.15, -0.1) is 0 Å². The highest BCUT2D eigenvalue weighted by Crippen LogP contribution is 2.28. The summed E-state index contributed by atoms with van der Waals surface area (Å²) in [5.74, 6) is -0.816. The summed E-state index contributed by atoms with van der Waals surface area (Å²) in [5.41, 5.74) is 3.09. The minimum Gasteiger partial charge on any atom is -0.497 e. The molecular weight excluding hydrogens is 412 g/mol. The van der Waals surface area contributed by atoms with E-state index in [0.29, 0.717) is 27.9 Å². The number of carboxylic acids is 1. The van der Waals surface area contributed by atoms with E-state index in [9.17, 15) is 14.7 Å². The minimum absolute atomic E-state index is 0.0421. The Balaban J connectivity index is 1.88. The van der Waals surface area contributed by atoms with Gasteiger partial charge >= 0.3 is 5.97 Å². The number of benzene rings is 3. The molecule has 0 aliphatic rings. The van der Waals surface area contributed by atoms with E-state index in [-0.39, 0.29) is 23.4 Å². The number of fused-ring (bicyclic) bond motifs is 1. The molecule has 0 atom stereocenters. The van der Waals surface area contributed by atoms with Crippen LogP contribution in [0.1, 0.15) is 21.5 Å². The van der Waals surface area contributed by atoms with Crippen molar-refractivity contribution in [2.24, 2.45) is 0 Å². The zero-order valence-electron chi connectivity index (χ0n) is 16.6. The molecular formula is C24H18N2O4S. The average molecular weight is 430 g/mol. The minimum atomic E-state index is -1.17. The number of ether oxygens (including phenoxy) is 1. The van der Waals surface area contributed by atoms with Crippen LogP contribution >= 0.6 is 11.7 Å². The fraction of sp³-hybridized carbons (Fsp3) is 0.0833. The fourth-order valence-electron chi connectivity index (χ4n) is 3.36. The normalized spacial score (nSPS) is 11.8. The van der Waals surface area contributed by atoms with Crippen molar-refractivity contribution in [3.05, 3.63) is 95.1 Å². The number of carbonyl (C=O) groups excluding carboxylic acids is 1. The summed E-state index contributed by atoms with van der Waals surface area (Å²) >= 11 is 1.06. The van der Waals surface area contributed by atoms with Gasteiger partial charge in [0.1, 0.15) is 16.8 Å². The Kier molecular flexibility index (Phi) is 5.86. The maximum atomic E-state index is 13.4. The van der Waals surface area contributed by atoms with Crippen molar-refractivity contribution in [1.82, 2.24) is 8.75 Å². The molecule has 4 rings (SSSR count). The molecule has 0 saturated heterocycles. The Morgan fingerprint density at radius 3 is 2.29 bits per heavy atom. The first-order valence-corrected chi connectivity index (χ1v) is 10.2. The van der Waals surface area contributed by atoms with Crippen LogP contribution in [-0.4, -0.2) is 32.7 Å². The summed E-state index contributed by atoms with van der Waals surface area (Å²) in [6.07, 6.45) is 0.159. The predicted octanol–water partition coefficient (Wildman–Crippen LogP) is 4.66. The zero-order valence-corrected chi connectivity index (χ0v) is 17.4. The predicted molar refractivity (Wildman–Crippen MR) is 119 cm³/mol. The van der Waals surface area contributed by atoms with E-state index in [1.165, 1.54) is 0 Å². The lowest BCUT2D eigenvalue weighted by atomic mass is 9.89. The number of Topliss-reactive ketones (excluding diaryl/α,β-unsaturated/α-hetero) is 1. The van der Waals surface area contributed by atoms with Gasteiger partial charge in [-0.05, 0) is 35.4 Å². The van der Waals surface area contributed by atoms with Gasteiger partial charge in [-0.1, -0.05) is 48.5 Å². The van der Waals surface area contributed by atoms with Crippen molar-refractivity contribution in [3.63, 3.8) is 0 Å². The lowest BCUT2D eigenvalue weighted by Gasteiger charge is -2.13. The molecule has 0 aliphatic heterocycles. The third kappa shape index (κ3) is 4.36. The van der Waals surface area contributed by atoms with E-state index in [0.717, 1.165) is 17.3 Å². The lowest BCUT2D eigenvalue weighted by Crippen LogP contribution is -2.14. The van der Waals surface area contributed by atoms with Crippen LogP contribution in [0.25, 0.3) is 16.6 Å². The van der Waals surface area contributed by atoms with E-state index in [1.807, 2.05) is 18.2 Å². The summed E-state index contributed by atoms with van der Waals surface area (Å²) in [6, 6.07) is 21.0. The molecule has 1 heterocycles. The second-order valence-corrected chi connectivity index (χ2v) is 7.37. The number of ketones is 1. The number of hydrogen-bond acceptors (Lipinski definition) is 6. The number of carbonyl (C=O) groups is 2. The summed E-state index contributed by atoms with van der Waals surface area (Å²) in [6.45, 7) is 0. The van der Waals surface area contributed by atoms with Gasteiger partial charge in [-0.3, -0.25) is 4.79 Å². The molecule has 7 heteroatoms. The quantitative estimate of drug-likeness (QED) is 0.339. The van der Waals surface area contributed by atoms with Gasteiger partial charge in [0.15, 0.2) is 5.78 Å². The molecule has 6 nitrogen and oxygen atoms in total. The molecule has 31 heavy (non-hydrogen) atoms. The van der Waals surface area contributed by atoms with E-state index < -0.39 is 5.97 Å². The van der Waals surface area contributed by atoms with Crippen LogP contribution in [0.2, 0.25) is 0 Å². The van der Waals surface area contributed by atoms with Crippen LogP contribution in [0, 0.1) is 0 Å². The van der Waals surface area contributed by atoms with Gasteiger partial charge in [0.2, 0.25) is 0 Å². The third-order valence-corrected chi connectivity index (χ3v) is 5.46. The van der Waals surface area contributed by atoms with Gasteiger partial charge in [-0.2, -0.15) is 8.75 Å². The molecule has 1 N–H and O–H groups in total. The van der Waals surface area contributed by atoms with Crippen LogP contribution < -0.4 is 4.74 Å². The van der Waals surface area contributed by atoms with Gasteiger partial charge in [0.25, 0.3) is 0 Å². The highest BCUT2D eigenvalue weighted by molar-refractivity contribution is 7.00. The van der Waals surface area contributed by atoms with Crippen molar-refractivity contribution in [1.29, 1.82) is 0 Å². The largest absolute Gasteiger partial charge is 0.497 e. The molecule has 0 bridgehead atoms. The van der Waals surface area contributed by atoms with Crippen molar-refractivity contribution in [3.8, 4) is 5.75 Å². The first-order chi connectivity index (χ1) is 15.1. The van der Waals surface area contributed by atoms with Crippen molar-refractivity contribution >= 4 is 40.1 Å². The summed E-state index contributed by atoms with van der Waals surface area (Å²) in [5, 5.41) is 10.1. The van der Waals surface area contributed by atoms with E-state index >= 15 is 0 Å². The number of aromatic nitrogens is 2. The summed E-state index contributed by atoms with van der Waals surface area (Å²) in [4.78, 5) is 25.8. The molecule has 0 radical (unpaired) electrons. The van der Waals surface area contributed by atoms with Gasteiger partial charge in [0.05, 0.1) is 24.4 Å². The van der Waals surface area contributed by atoms with Crippen LogP contribution in [0.15, 0.2) is 78.4 Å². The molecule has 0 aliphatic carbocycles. The topological polar surface area (TPSA) is 89.4 Å². The van der Waals surface area contributed by atoms with Gasteiger partial charge in [0, 0.05) is 17.6 Å². The molecule has 0 amide bonds. The molecule has 0 saturated carbocycles. The number of methoxy groups -OCH3 is 1. The average Bonchev–Trinajstić information content (AvgIpc) is 3.27. The molecule has 3 aromatic carbocycles. The first kappa shape index (κ1) is 20.4. The maximum Gasteiger partial charge on any atom is 0.336 e. The maximum absolute atomic E-state index is 13.4. The third-order valence-electron chi connectivity index (χ3n) is 4.91. The number of hydrogen-bond donors (Lipinski definition) is 1. The highest BCUT2D eigenvalue weighted by Gasteiger charge is 2.24. The Hall–Kier alpha value is -3.84. The monoisotopic (exact) mass is 430 g/mol. The van der Waals surface area contributed by atoms with Crippen molar-refractivity contribution in [2.45, 2.75) is 6.42 Å². The van der Waals surface area contributed by atoms with Crippen molar-refractivity contribution in [2.75, 3.05) is 7.11 Å². The Labute approximate surface area is 182 Å². The number of carboxylic acid groups (broad SMARTS) is 1. The number of nitrogens with zero attached hydrogens (tertiary/aromatic N) is 2. The molecule has 0 spiro atoms. The molecule has 1 aromatic heterocycles. The lowest BCUT2D eigenvalue weighted by molar-refractivity contribution is -0.130. The SMILES string of the molecule is COc1ccc(C/C(C(=O)c2ccccc2)=C(\C(=O)O)c2ccc3nsnc3c2)cc1. The zero-order chi connectivity index (χ0) is 21.8. The van der Waals surface area contributed by atoms with E-state index in [1.54, 1.807) is 61.7 Å². The summed E-state index contributed by atoms with van der Waals surface area (Å²) in [7, 11) is 1.57. The molecule has 4 aromatic rings. The van der Waals surface area contributed by atoms with E-state index in [4.69, 9.17) is 4.74 Å². The number of allylic oxidation sites excluding steroid dienone is 1. The smallest absolute Gasteiger partial charge is 0.336 e. The standard InChI is InChI=1S/C24H18N2O4S/c1-30-18-10-7-15(8-11-18)13-19(23(27)16-5-3-2-4-6-16)22(24(28)29)17-9-12-20-21(14-17)26-31-25-20/h2-12,14H,13H2,1H3,(H,28,29)/b22-19+. The molecule has 154 valence electrons. The number of aliphatic carboxylic acids is 1. The highest BCUT2D eigenvalue weighted by atomic mass is 32.1. The van der Waals surface area contributed by atoms with Crippen LogP contribution in [-0.2, 0) is 11.2 Å². The first-order valence-electron chi connectivity index (χ1n) is 9.48. The van der Waals surface area contributed by atoms with Crippen molar-refractivity contribution < 1.29 is 19.4 Å². The molecule has 0 fully saturated rings. The Bertz CT molecular complexity index is 1280. The van der Waals surface area contributed by atoms with Gasteiger partial charge < -0.3 is 9.84 Å². The fourth-order valence-corrected chi connectivity index (χ4v) is 3.88. The Morgan fingerprint density at radius 2 is 1.61 bits per heavy atom. The Morgan fingerprint density at radius 1 is 0.903 bits per heavy atom. The second kappa shape index (κ2) is 8.89.